The molecule has 2 fully saturated rings. The van der Waals surface area contributed by atoms with Gasteiger partial charge in [-0.3, -0.25) is 4.90 Å². The fraction of sp³-hybridized carbons (Fsp3) is 1.00. The van der Waals surface area contributed by atoms with Crippen LogP contribution in [0.25, 0.3) is 0 Å². The van der Waals surface area contributed by atoms with Crippen molar-refractivity contribution in [3.05, 3.63) is 0 Å². The number of hydrogen-bond acceptors (Lipinski definition) is 2. The molecule has 0 aromatic carbocycles. The molecule has 0 aliphatic heterocycles. The lowest BCUT2D eigenvalue weighted by Gasteiger charge is -2.49. The van der Waals surface area contributed by atoms with E-state index in [4.69, 9.17) is 5.73 Å². The van der Waals surface area contributed by atoms with Crippen molar-refractivity contribution in [1.29, 1.82) is 0 Å². The van der Waals surface area contributed by atoms with Crippen molar-refractivity contribution in [1.82, 2.24) is 4.90 Å². The first-order chi connectivity index (χ1) is 8.93. The molecule has 0 radical (unpaired) electrons. The zero-order valence-electron chi connectivity index (χ0n) is 11.7. The van der Waals surface area contributed by atoms with Gasteiger partial charge in [0, 0.05) is 18.1 Å². The van der Waals surface area contributed by atoms with E-state index in [0.717, 1.165) is 32.2 Å². The summed E-state index contributed by atoms with van der Waals surface area (Å²) in [4.78, 5) is 2.31. The van der Waals surface area contributed by atoms with Gasteiger partial charge in [-0.05, 0) is 45.1 Å². The highest BCUT2D eigenvalue weighted by atomic mass is 19.4. The number of nitrogens with two attached hydrogens (primary N) is 1. The molecule has 0 aromatic heterocycles. The summed E-state index contributed by atoms with van der Waals surface area (Å²) in [6, 6.07) is 0.482. The third kappa shape index (κ3) is 3.24. The molecule has 2 rings (SSSR count). The normalized spacial score (nSPS) is 32.8. The number of rotatable bonds is 5. The number of alkyl halides is 3. The van der Waals surface area contributed by atoms with Crippen molar-refractivity contribution in [3.63, 3.8) is 0 Å². The minimum Gasteiger partial charge on any atom is -0.329 e. The summed E-state index contributed by atoms with van der Waals surface area (Å²) in [5.74, 6) is -1.16. The van der Waals surface area contributed by atoms with Crippen molar-refractivity contribution in [2.75, 3.05) is 13.1 Å². The van der Waals surface area contributed by atoms with E-state index >= 15 is 0 Å². The predicted octanol–water partition coefficient (Wildman–Crippen LogP) is 3.31. The summed E-state index contributed by atoms with van der Waals surface area (Å²) in [6.07, 6.45) is 1.11. The van der Waals surface area contributed by atoms with Crippen molar-refractivity contribution in [2.45, 2.75) is 69.6 Å². The van der Waals surface area contributed by atoms with Crippen LogP contribution >= 0.6 is 0 Å². The molecule has 19 heavy (non-hydrogen) atoms. The largest absolute Gasteiger partial charge is 0.391 e. The molecule has 2 unspecified atom stereocenters. The fourth-order valence-corrected chi connectivity index (χ4v) is 3.62. The van der Waals surface area contributed by atoms with Crippen LogP contribution in [0.4, 0.5) is 13.2 Å². The van der Waals surface area contributed by atoms with Crippen LogP contribution in [0.15, 0.2) is 0 Å². The fourth-order valence-electron chi connectivity index (χ4n) is 3.62. The van der Waals surface area contributed by atoms with Gasteiger partial charge in [-0.25, -0.2) is 0 Å². The quantitative estimate of drug-likeness (QED) is 0.836. The summed E-state index contributed by atoms with van der Waals surface area (Å²) in [7, 11) is 0. The predicted molar refractivity (Wildman–Crippen MR) is 69.8 cm³/mol. The average Bonchev–Trinajstić information content (AvgIpc) is 3.19. The van der Waals surface area contributed by atoms with E-state index in [1.54, 1.807) is 0 Å². The molecule has 2 saturated carbocycles. The van der Waals surface area contributed by atoms with Gasteiger partial charge in [0.2, 0.25) is 0 Å². The maximum Gasteiger partial charge on any atom is 0.391 e. The van der Waals surface area contributed by atoms with Gasteiger partial charge in [0.05, 0.1) is 5.92 Å². The highest BCUT2D eigenvalue weighted by molar-refractivity contribution is 5.02. The van der Waals surface area contributed by atoms with Crippen molar-refractivity contribution in [2.24, 2.45) is 11.7 Å². The molecule has 2 nitrogen and oxygen atoms in total. The number of nitrogens with zero attached hydrogens (tertiary/aromatic N) is 1. The van der Waals surface area contributed by atoms with Gasteiger partial charge < -0.3 is 5.73 Å². The lowest BCUT2D eigenvalue weighted by Crippen LogP contribution is -2.58. The van der Waals surface area contributed by atoms with Crippen molar-refractivity contribution in [3.8, 4) is 0 Å². The van der Waals surface area contributed by atoms with Gasteiger partial charge in [-0.15, -0.1) is 0 Å². The van der Waals surface area contributed by atoms with E-state index in [-0.39, 0.29) is 12.8 Å². The Balaban J connectivity index is 2.15. The molecule has 2 aliphatic rings. The van der Waals surface area contributed by atoms with E-state index in [9.17, 15) is 13.2 Å². The highest BCUT2D eigenvalue weighted by Gasteiger charge is 2.51. The van der Waals surface area contributed by atoms with Gasteiger partial charge in [-0.2, -0.15) is 13.2 Å². The van der Waals surface area contributed by atoms with E-state index in [1.807, 2.05) is 0 Å². The molecule has 112 valence electrons. The van der Waals surface area contributed by atoms with E-state index < -0.39 is 17.6 Å². The second kappa shape index (κ2) is 5.60. The molecule has 5 heteroatoms. The second-order valence-electron chi connectivity index (χ2n) is 6.19. The summed E-state index contributed by atoms with van der Waals surface area (Å²) in [5.41, 5.74) is 5.52. The Morgan fingerprint density at radius 3 is 2.42 bits per heavy atom. The van der Waals surface area contributed by atoms with Crippen LogP contribution in [0.3, 0.4) is 0 Å². The Morgan fingerprint density at radius 2 is 1.95 bits per heavy atom. The van der Waals surface area contributed by atoms with E-state index in [1.165, 1.54) is 0 Å². The zero-order chi connectivity index (χ0) is 14.1. The van der Waals surface area contributed by atoms with Crippen LogP contribution < -0.4 is 5.73 Å². The van der Waals surface area contributed by atoms with Gasteiger partial charge >= 0.3 is 6.18 Å². The average molecular weight is 278 g/mol. The van der Waals surface area contributed by atoms with Gasteiger partial charge in [0.25, 0.3) is 0 Å². The first-order valence-electron chi connectivity index (χ1n) is 7.46. The first kappa shape index (κ1) is 15.1. The summed E-state index contributed by atoms with van der Waals surface area (Å²) in [5, 5.41) is 0. The van der Waals surface area contributed by atoms with E-state index in [0.29, 0.717) is 19.0 Å². The third-order valence-corrected chi connectivity index (χ3v) is 4.73. The Kier molecular flexibility index (Phi) is 4.45. The monoisotopic (exact) mass is 278 g/mol. The summed E-state index contributed by atoms with van der Waals surface area (Å²) in [6.45, 7) is 3.33. The maximum atomic E-state index is 13.0. The minimum atomic E-state index is -4.07. The molecule has 0 spiro atoms. The van der Waals surface area contributed by atoms with Gasteiger partial charge in [0.1, 0.15) is 0 Å². The van der Waals surface area contributed by atoms with Crippen LogP contribution in [0.2, 0.25) is 0 Å². The first-order valence-corrected chi connectivity index (χ1v) is 7.46. The summed E-state index contributed by atoms with van der Waals surface area (Å²) >= 11 is 0. The van der Waals surface area contributed by atoms with Crippen LogP contribution in [0.1, 0.15) is 51.9 Å². The topological polar surface area (TPSA) is 29.3 Å². The zero-order valence-corrected chi connectivity index (χ0v) is 11.7. The smallest absolute Gasteiger partial charge is 0.329 e. The van der Waals surface area contributed by atoms with Crippen LogP contribution in [-0.4, -0.2) is 35.7 Å². The Morgan fingerprint density at radius 1 is 1.26 bits per heavy atom. The molecule has 0 aromatic rings. The Labute approximate surface area is 113 Å². The second-order valence-corrected chi connectivity index (χ2v) is 6.19. The highest BCUT2D eigenvalue weighted by Crippen LogP contribution is 2.46. The van der Waals surface area contributed by atoms with E-state index in [2.05, 4.69) is 11.8 Å². The third-order valence-electron chi connectivity index (χ3n) is 4.73. The Bertz CT molecular complexity index is 302. The molecule has 0 bridgehead atoms. The lowest BCUT2D eigenvalue weighted by molar-refractivity contribution is -0.194. The van der Waals surface area contributed by atoms with Crippen LogP contribution in [0, 0.1) is 5.92 Å². The number of halogens is 3. The van der Waals surface area contributed by atoms with Crippen molar-refractivity contribution >= 4 is 0 Å². The molecular weight excluding hydrogens is 253 g/mol. The van der Waals surface area contributed by atoms with Crippen LogP contribution in [0.5, 0.6) is 0 Å². The molecule has 0 amide bonds. The molecular formula is C14H25F3N2. The lowest BCUT2D eigenvalue weighted by atomic mass is 9.74. The minimum absolute atomic E-state index is 0.198. The van der Waals surface area contributed by atoms with Gasteiger partial charge in [0.15, 0.2) is 0 Å². The Hall–Kier alpha value is -0.290. The molecule has 2 atom stereocenters. The van der Waals surface area contributed by atoms with Crippen molar-refractivity contribution < 1.29 is 13.2 Å². The maximum absolute atomic E-state index is 13.0. The van der Waals surface area contributed by atoms with Gasteiger partial charge in [-0.1, -0.05) is 13.3 Å². The molecule has 0 heterocycles. The van der Waals surface area contributed by atoms with Crippen LogP contribution in [-0.2, 0) is 0 Å². The molecule has 2 N–H and O–H groups in total. The SMILES string of the molecule is CCCN(C1CC1)C1(CN)CCCC(C(F)(F)F)C1. The summed E-state index contributed by atoms with van der Waals surface area (Å²) < 4.78 is 39.1. The molecule has 2 aliphatic carbocycles. The molecule has 0 saturated heterocycles. The standard InChI is InChI=1S/C14H25F3N2/c1-2-8-19(12-5-6-12)13(10-18)7-3-4-11(9-13)14(15,16)17/h11-12H,2-10,18H2,1H3. The number of hydrogen-bond donors (Lipinski definition) is 1.